The molecule has 4 rings (SSSR count). The normalized spacial score (nSPS) is 22.6. The first-order valence-electron chi connectivity index (χ1n) is 23.7. The summed E-state index contributed by atoms with van der Waals surface area (Å²) < 4.78 is 0. The molecule has 2 aromatic rings. The Morgan fingerprint density at radius 2 is 1.28 bits per heavy atom. The minimum absolute atomic E-state index is 0.00106. The quantitative estimate of drug-likeness (QED) is 0.0270. The van der Waals surface area contributed by atoms with Gasteiger partial charge in [-0.15, -0.1) is 0 Å². The van der Waals surface area contributed by atoms with Gasteiger partial charge >= 0.3 is 0 Å². The van der Waals surface area contributed by atoms with Gasteiger partial charge in [-0.25, -0.2) is 0 Å². The van der Waals surface area contributed by atoms with Gasteiger partial charge in [0.1, 0.15) is 48.0 Å². The first kappa shape index (κ1) is 59.9. The van der Waals surface area contributed by atoms with Gasteiger partial charge in [0.15, 0.2) is 5.96 Å². The first-order chi connectivity index (χ1) is 35.6. The van der Waals surface area contributed by atoms with Crippen LogP contribution in [0.15, 0.2) is 59.6 Å². The van der Waals surface area contributed by atoms with Crippen molar-refractivity contribution in [3.63, 3.8) is 0 Å². The number of hydrogen-bond acceptors (Lipinski definition) is 16. The fourth-order valence-electron chi connectivity index (χ4n) is 7.80. The molecule has 2 aliphatic heterocycles. The third-order valence-electron chi connectivity index (χ3n) is 11.6. The second kappa shape index (κ2) is 29.9. The number of phenolic OH excluding ortho intramolecular Hbond substituents is 1. The number of rotatable bonds is 19. The number of guanidine groups is 1. The number of nitrogens with two attached hydrogens (primary N) is 6. The van der Waals surface area contributed by atoms with Crippen molar-refractivity contribution in [2.45, 2.75) is 106 Å². The Labute approximate surface area is 439 Å². The highest BCUT2D eigenvalue weighted by atomic mass is 33.1. The highest BCUT2D eigenvalue weighted by Gasteiger charge is 2.40. The molecular weight excluding hydrogens is 1020 g/mol. The monoisotopic (exact) mass is 1080 g/mol. The van der Waals surface area contributed by atoms with E-state index in [0.717, 1.165) is 21.6 Å². The molecule has 8 atom stereocenters. The van der Waals surface area contributed by atoms with Crippen LogP contribution in [-0.2, 0) is 65.6 Å². The van der Waals surface area contributed by atoms with Crippen LogP contribution in [0.25, 0.3) is 0 Å². The number of nitrogens with one attached hydrogen (secondary N) is 7. The number of nitrogens with zero attached hydrogens (tertiary/aromatic N) is 2. The predicted molar refractivity (Wildman–Crippen MR) is 276 cm³/mol. The van der Waals surface area contributed by atoms with Gasteiger partial charge in [0.05, 0.1) is 19.0 Å². The Morgan fingerprint density at radius 3 is 1.89 bits per heavy atom. The van der Waals surface area contributed by atoms with Gasteiger partial charge in [0.2, 0.25) is 65.0 Å². The molecule has 0 radical (unpaired) electrons. The van der Waals surface area contributed by atoms with Crippen molar-refractivity contribution in [1.29, 1.82) is 0 Å². The topological polar surface area (TPSA) is 464 Å². The molecule has 2 aliphatic rings. The molecule has 0 saturated carbocycles. The summed E-state index contributed by atoms with van der Waals surface area (Å²) in [6.45, 7) is -0.443. The van der Waals surface area contributed by atoms with Crippen molar-refractivity contribution in [2.75, 3.05) is 31.1 Å². The summed E-state index contributed by atoms with van der Waals surface area (Å²) >= 11 is 0. The van der Waals surface area contributed by atoms with Crippen molar-refractivity contribution < 1.29 is 57.8 Å². The van der Waals surface area contributed by atoms with E-state index in [4.69, 9.17) is 34.4 Å². The van der Waals surface area contributed by atoms with Crippen molar-refractivity contribution in [3.05, 3.63) is 65.7 Å². The fraction of sp³-hybridized carbons (Fsp3) is 0.478. The SMILES string of the molecule is NC(=O)CC[C@H]1NC(=O)[C@H](Cc2ccccc2)NC(=O)[C@@H](Cc2ccc(O)cc2)NC(=O)[C@@H](N)CSSC[C@@H](C(=O)N2CCCC2C(=O)N[C@H](CCCN=C(N)N)C(=O)NCC(N)=O)NC(=O)[C@@H](CC(N)=O)NC1=O. The molecule has 0 bridgehead atoms. The van der Waals surface area contributed by atoms with Crippen LogP contribution in [0.2, 0.25) is 0 Å². The van der Waals surface area contributed by atoms with Gasteiger partial charge in [0.25, 0.3) is 0 Å². The van der Waals surface area contributed by atoms with Crippen molar-refractivity contribution >= 4 is 92.5 Å². The van der Waals surface area contributed by atoms with Gasteiger partial charge in [-0.1, -0.05) is 64.1 Å². The largest absolute Gasteiger partial charge is 0.508 e. The first-order valence-corrected chi connectivity index (χ1v) is 26.2. The number of carbonyl (C=O) groups is 11. The number of primary amides is 3. The number of aromatic hydroxyl groups is 1. The Morgan fingerprint density at radius 1 is 0.707 bits per heavy atom. The molecule has 0 spiro atoms. The molecule has 2 fully saturated rings. The van der Waals surface area contributed by atoms with Crippen LogP contribution in [0.3, 0.4) is 0 Å². The molecule has 2 aromatic carbocycles. The van der Waals surface area contributed by atoms with E-state index in [0.29, 0.717) is 17.5 Å². The van der Waals surface area contributed by atoms with Gasteiger partial charge < -0.3 is 81.6 Å². The van der Waals surface area contributed by atoms with Gasteiger partial charge in [0, 0.05) is 43.9 Å². The predicted octanol–water partition coefficient (Wildman–Crippen LogP) is -5.40. The van der Waals surface area contributed by atoms with Crippen LogP contribution in [0.5, 0.6) is 5.75 Å². The zero-order valence-electron chi connectivity index (χ0n) is 40.8. The molecular formula is C46H65N15O12S2. The van der Waals surface area contributed by atoms with Crippen LogP contribution < -0.4 is 71.6 Å². The van der Waals surface area contributed by atoms with E-state index in [1.54, 1.807) is 30.3 Å². The van der Waals surface area contributed by atoms with E-state index < -0.39 is 139 Å². The van der Waals surface area contributed by atoms with Gasteiger partial charge in [-0.05, 0) is 55.4 Å². The Balaban J connectivity index is 1.71. The molecule has 0 aromatic heterocycles. The second-order valence-electron chi connectivity index (χ2n) is 17.6. The summed E-state index contributed by atoms with van der Waals surface area (Å²) in [5.41, 5.74) is 34.4. The Hall–Kier alpha value is -7.66. The average Bonchev–Trinajstić information content (AvgIpc) is 3.86. The van der Waals surface area contributed by atoms with E-state index in [9.17, 15) is 57.8 Å². The lowest BCUT2D eigenvalue weighted by Crippen LogP contribution is -2.61. The molecule has 27 nitrogen and oxygen atoms in total. The molecule has 2 saturated heterocycles. The van der Waals surface area contributed by atoms with Crippen molar-refractivity contribution in [2.24, 2.45) is 39.4 Å². The molecule has 11 amide bonds. The second-order valence-corrected chi connectivity index (χ2v) is 20.2. The summed E-state index contributed by atoms with van der Waals surface area (Å²) in [5, 5.41) is 27.6. The minimum atomic E-state index is -1.80. The standard InChI is InChI=1S/C46H65N15O12S2/c47-27-22-74-75-23-33(45(73)61-17-5-9-34(61)44(72)56-28(8-4-16-53-46(51)52)39(67)54-21-37(50)65)60-43(71)32(20-36(49)64)59-40(68)29(14-15-35(48)63)55-41(69)31(18-24-6-2-1-3-7-24)58-42(70)30(57-38(27)66)19-25-10-12-26(62)13-11-25/h1-3,6-7,10-13,27-34,62H,4-5,8-9,14-23,47H2,(H2,48,63)(H2,49,64)(H2,50,65)(H,54,67)(H,55,69)(H,56,72)(H,57,66)(H,58,70)(H,59,68)(H,60,71)(H4,51,52,53)/t27-,28+,29+,30+,31-,32+,33-,34?/m0/s1. The summed E-state index contributed by atoms with van der Waals surface area (Å²) in [5.74, 6) is -10.5. The Bertz CT molecular complexity index is 2420. The lowest BCUT2D eigenvalue weighted by Gasteiger charge is -2.31. The molecule has 20 N–H and O–H groups in total. The van der Waals surface area contributed by atoms with Gasteiger partial charge in [-0.2, -0.15) is 0 Å². The van der Waals surface area contributed by atoms with Crippen LogP contribution >= 0.6 is 21.6 Å². The van der Waals surface area contributed by atoms with E-state index in [-0.39, 0.29) is 68.4 Å². The van der Waals surface area contributed by atoms with Crippen LogP contribution in [-0.4, -0.2) is 160 Å². The maximum Gasteiger partial charge on any atom is 0.246 e. The zero-order chi connectivity index (χ0) is 55.2. The summed E-state index contributed by atoms with van der Waals surface area (Å²) in [6.07, 6.45) is -1.38. The number of carbonyl (C=O) groups excluding carboxylic acids is 11. The number of amides is 11. The maximum absolute atomic E-state index is 14.6. The third-order valence-corrected chi connectivity index (χ3v) is 14.1. The van der Waals surface area contributed by atoms with Crippen LogP contribution in [0.4, 0.5) is 0 Å². The summed E-state index contributed by atoms with van der Waals surface area (Å²) in [7, 11) is 1.99. The molecule has 2 heterocycles. The number of benzene rings is 2. The zero-order valence-corrected chi connectivity index (χ0v) is 42.5. The van der Waals surface area contributed by atoms with Crippen molar-refractivity contribution in [3.8, 4) is 5.75 Å². The lowest BCUT2D eigenvalue weighted by atomic mass is 10.0. The molecule has 0 aliphatic carbocycles. The van der Waals surface area contributed by atoms with E-state index in [2.05, 4.69) is 42.2 Å². The van der Waals surface area contributed by atoms with E-state index >= 15 is 0 Å². The molecule has 75 heavy (non-hydrogen) atoms. The van der Waals surface area contributed by atoms with Crippen LogP contribution in [0.1, 0.15) is 56.1 Å². The third kappa shape index (κ3) is 20.3. The average molecular weight is 1080 g/mol. The number of phenols is 1. The van der Waals surface area contributed by atoms with E-state index in [1.807, 2.05) is 0 Å². The number of aliphatic imine (C=N–C) groups is 1. The van der Waals surface area contributed by atoms with Gasteiger partial charge in [-0.3, -0.25) is 57.7 Å². The summed E-state index contributed by atoms with van der Waals surface area (Å²) in [4.78, 5) is 153. The molecule has 1 unspecified atom stereocenters. The number of likely N-dealkylation sites (tertiary alicyclic amines) is 1. The molecule has 408 valence electrons. The molecule has 29 heteroatoms. The highest BCUT2D eigenvalue weighted by molar-refractivity contribution is 8.76. The fourth-order valence-corrected chi connectivity index (χ4v) is 10.1. The van der Waals surface area contributed by atoms with E-state index in [1.165, 1.54) is 29.2 Å². The minimum Gasteiger partial charge on any atom is -0.508 e. The smallest absolute Gasteiger partial charge is 0.246 e. The number of hydrogen-bond donors (Lipinski definition) is 14. The van der Waals surface area contributed by atoms with Crippen molar-refractivity contribution in [1.82, 2.24) is 42.1 Å². The van der Waals surface area contributed by atoms with Crippen LogP contribution in [0, 0.1) is 0 Å². The maximum atomic E-state index is 14.6. The highest BCUT2D eigenvalue weighted by Crippen LogP contribution is 2.26. The lowest BCUT2D eigenvalue weighted by molar-refractivity contribution is -0.142. The Kier molecular flexibility index (Phi) is 23.9. The summed E-state index contributed by atoms with van der Waals surface area (Å²) in [6, 6.07) is 2.80.